The Kier molecular flexibility index (Phi) is 8.35. The van der Waals surface area contributed by atoms with E-state index in [1.165, 1.54) is 23.9 Å². The Morgan fingerprint density at radius 3 is 2.45 bits per heavy atom. The van der Waals surface area contributed by atoms with Crippen molar-refractivity contribution in [1.29, 1.82) is 0 Å². The second-order valence-electron chi connectivity index (χ2n) is 9.11. The summed E-state index contributed by atoms with van der Waals surface area (Å²) in [5.74, 6) is 2.20. The zero-order valence-electron chi connectivity index (χ0n) is 22.7. The average Bonchev–Trinajstić information content (AvgIpc) is 3.58. The molecular weight excluding hydrogens is 559 g/mol. The lowest BCUT2D eigenvalue weighted by Gasteiger charge is -2.12. The number of hydrogen-bond donors (Lipinski definition) is 3. The van der Waals surface area contributed by atoms with Crippen LogP contribution in [-0.4, -0.2) is 37.6 Å². The first-order valence-electron chi connectivity index (χ1n) is 12.7. The van der Waals surface area contributed by atoms with Gasteiger partial charge in [0.1, 0.15) is 18.1 Å². The fourth-order valence-corrected chi connectivity index (χ4v) is 4.37. The van der Waals surface area contributed by atoms with Crippen LogP contribution < -0.4 is 14.8 Å². The number of nitrogens with zero attached hydrogens (tertiary/aromatic N) is 3. The second-order valence-corrected chi connectivity index (χ2v) is 10.6. The lowest BCUT2D eigenvalue weighted by molar-refractivity contribution is 0.102. The smallest absolute Gasteiger partial charge is 0.349 e. The molecule has 5 aromatic rings. The van der Waals surface area contributed by atoms with Gasteiger partial charge in [-0.1, -0.05) is 36.4 Å². The van der Waals surface area contributed by atoms with Crippen molar-refractivity contribution in [2.24, 2.45) is 0 Å². The van der Waals surface area contributed by atoms with Gasteiger partial charge in [0, 0.05) is 28.7 Å². The number of aryl methyl sites for hydroxylation is 1. The largest absolute Gasteiger partial charge is 0.493 e. The molecule has 2 aromatic heterocycles. The third kappa shape index (κ3) is 6.84. The van der Waals surface area contributed by atoms with Gasteiger partial charge in [0.05, 0.1) is 12.8 Å². The Labute approximate surface area is 241 Å². The Balaban J connectivity index is 1.34. The summed E-state index contributed by atoms with van der Waals surface area (Å²) in [6.45, 7) is 1.93. The lowest BCUT2D eigenvalue weighted by Crippen LogP contribution is -2.13. The highest BCUT2D eigenvalue weighted by Gasteiger charge is 2.18. The molecule has 0 radical (unpaired) electrons. The van der Waals surface area contributed by atoms with Crippen LogP contribution in [0.3, 0.4) is 0 Å². The first kappa shape index (κ1) is 28.6. The Morgan fingerprint density at radius 1 is 1.05 bits per heavy atom. The van der Waals surface area contributed by atoms with E-state index < -0.39 is 13.5 Å². The molecule has 2 heterocycles. The third-order valence-electron chi connectivity index (χ3n) is 6.15. The van der Waals surface area contributed by atoms with Gasteiger partial charge >= 0.3 is 7.60 Å². The van der Waals surface area contributed by atoms with Crippen LogP contribution in [0.5, 0.6) is 11.5 Å². The molecule has 0 unspecified atom stereocenters. The van der Waals surface area contributed by atoms with Crippen molar-refractivity contribution in [2.75, 3.05) is 12.4 Å². The van der Waals surface area contributed by atoms with Crippen LogP contribution in [0.1, 0.15) is 27.4 Å². The number of oxazole rings is 1. The van der Waals surface area contributed by atoms with Gasteiger partial charge in [0.25, 0.3) is 5.91 Å². The highest BCUT2D eigenvalue weighted by atomic mass is 31.2. The van der Waals surface area contributed by atoms with E-state index >= 15 is 0 Å². The molecule has 0 aliphatic rings. The van der Waals surface area contributed by atoms with E-state index in [2.05, 4.69) is 15.4 Å². The van der Waals surface area contributed by atoms with Gasteiger partial charge in [-0.3, -0.25) is 9.36 Å². The van der Waals surface area contributed by atoms with Gasteiger partial charge in [0.2, 0.25) is 5.89 Å². The summed E-state index contributed by atoms with van der Waals surface area (Å²) in [6, 6.07) is 23.3. The molecule has 214 valence electrons. The predicted octanol–water partition coefficient (Wildman–Crippen LogP) is 5.82. The van der Waals surface area contributed by atoms with Crippen molar-refractivity contribution >= 4 is 25.4 Å². The summed E-state index contributed by atoms with van der Waals surface area (Å²) >= 11 is 0. The lowest BCUT2D eigenvalue weighted by atomic mass is 10.2. The number of para-hydroxylation sites is 1. The van der Waals surface area contributed by atoms with Crippen molar-refractivity contribution in [2.45, 2.75) is 13.5 Å². The predicted molar refractivity (Wildman–Crippen MR) is 157 cm³/mol. The number of aromatic nitrogens is 3. The van der Waals surface area contributed by atoms with Crippen LogP contribution >= 0.6 is 7.60 Å². The fourth-order valence-electron chi connectivity index (χ4n) is 4.02. The topological polar surface area (TPSA) is 149 Å². The zero-order valence-corrected chi connectivity index (χ0v) is 23.6. The molecular formula is C30H27N4O7P. The maximum absolute atomic E-state index is 13.2. The minimum Gasteiger partial charge on any atom is -0.493 e. The minimum absolute atomic E-state index is 0.114. The van der Waals surface area contributed by atoms with Crippen molar-refractivity contribution < 1.29 is 33.0 Å². The molecule has 0 bridgehead atoms. The third-order valence-corrected chi connectivity index (χ3v) is 6.68. The molecule has 11 nitrogen and oxygen atoms in total. The molecule has 0 fully saturated rings. The summed E-state index contributed by atoms with van der Waals surface area (Å²) in [7, 11) is -2.98. The van der Waals surface area contributed by atoms with E-state index in [0.29, 0.717) is 40.1 Å². The summed E-state index contributed by atoms with van der Waals surface area (Å²) < 4.78 is 30.2. The molecule has 0 saturated heterocycles. The molecule has 0 saturated carbocycles. The highest BCUT2D eigenvalue weighted by molar-refractivity contribution is 7.55. The first-order valence-corrected chi connectivity index (χ1v) is 14.4. The average molecular weight is 587 g/mol. The van der Waals surface area contributed by atoms with Crippen molar-refractivity contribution in [3.8, 4) is 28.6 Å². The molecule has 12 heteroatoms. The summed E-state index contributed by atoms with van der Waals surface area (Å²) in [4.78, 5) is 36.3. The number of hydrogen-bond acceptors (Lipinski definition) is 7. The zero-order chi connectivity index (χ0) is 29.7. The number of carbonyl (C=O) groups excluding carboxylic acids is 1. The number of benzene rings is 3. The second kappa shape index (κ2) is 12.3. The van der Waals surface area contributed by atoms with E-state index in [9.17, 15) is 19.1 Å². The van der Waals surface area contributed by atoms with E-state index in [4.69, 9.17) is 13.9 Å². The van der Waals surface area contributed by atoms with Crippen molar-refractivity contribution in [3.05, 3.63) is 113 Å². The van der Waals surface area contributed by atoms with Gasteiger partial charge < -0.3 is 29.0 Å². The maximum atomic E-state index is 13.2. The van der Waals surface area contributed by atoms with Crippen LogP contribution in [0.15, 0.2) is 95.3 Å². The summed E-state index contributed by atoms with van der Waals surface area (Å²) in [6.07, 6.45) is 2.78. The quantitative estimate of drug-likeness (QED) is 0.172. The van der Waals surface area contributed by atoms with E-state index in [1.54, 1.807) is 18.3 Å². The highest BCUT2D eigenvalue weighted by Crippen LogP contribution is 2.37. The number of nitrogens with one attached hydrogen (secondary N) is 1. The Morgan fingerprint density at radius 2 is 1.76 bits per heavy atom. The molecule has 5 rings (SSSR count). The Hall–Kier alpha value is -4.96. The number of carbonyl (C=O) groups is 1. The van der Waals surface area contributed by atoms with Crippen molar-refractivity contribution in [3.63, 3.8) is 0 Å². The van der Waals surface area contributed by atoms with Crippen LogP contribution in [0.4, 0.5) is 5.82 Å². The normalized spacial score (nSPS) is 11.5. The molecule has 0 atom stereocenters. The molecule has 1 amide bonds. The molecule has 0 spiro atoms. The van der Waals surface area contributed by atoms with Crippen LogP contribution in [0.25, 0.3) is 23.2 Å². The number of amides is 1. The van der Waals surface area contributed by atoms with E-state index in [1.807, 2.05) is 67.6 Å². The molecule has 0 aliphatic carbocycles. The summed E-state index contributed by atoms with van der Waals surface area (Å²) in [5.41, 5.74) is 2.74. The van der Waals surface area contributed by atoms with Crippen LogP contribution in [0.2, 0.25) is 0 Å². The maximum Gasteiger partial charge on any atom is 0.349 e. The van der Waals surface area contributed by atoms with Crippen LogP contribution in [0, 0.1) is 6.92 Å². The summed E-state index contributed by atoms with van der Waals surface area (Å²) in [5, 5.41) is 7.12. The van der Waals surface area contributed by atoms with Gasteiger partial charge in [-0.2, -0.15) is 0 Å². The van der Waals surface area contributed by atoms with Gasteiger partial charge in [-0.25, -0.2) is 9.67 Å². The fraction of sp³-hybridized carbons (Fsp3) is 0.100. The molecule has 0 aliphatic heterocycles. The minimum atomic E-state index is -4.44. The first-order chi connectivity index (χ1) is 20.2. The van der Waals surface area contributed by atoms with Crippen LogP contribution in [-0.2, 0) is 11.2 Å². The van der Waals surface area contributed by atoms with Crippen molar-refractivity contribution in [1.82, 2.24) is 14.8 Å². The molecule has 3 aromatic carbocycles. The monoisotopic (exact) mass is 586 g/mol. The van der Waals surface area contributed by atoms with E-state index in [-0.39, 0.29) is 18.0 Å². The standard InChI is InChI=1S/C30H27N4O7P/c1-20-25(31-30(41-20)21-9-5-3-6-10-21)19-40-26-14-13-22(17-27(26)39-2)29(35)32-28-23(15-16-42(36,37)38)18-34(33-28)24-11-7-4-8-12-24/h3-18H,19H2,1-2H3,(H,32,33,35)(H2,36,37,38). The number of methoxy groups -OCH3 is 1. The Bertz CT molecular complexity index is 1780. The van der Waals surface area contributed by atoms with E-state index in [0.717, 1.165) is 11.4 Å². The van der Waals surface area contributed by atoms with Gasteiger partial charge in [0.15, 0.2) is 17.3 Å². The van der Waals surface area contributed by atoms with Gasteiger partial charge in [-0.15, -0.1) is 5.10 Å². The number of ether oxygens (including phenoxy) is 2. The molecule has 3 N–H and O–H groups in total. The van der Waals surface area contributed by atoms with Gasteiger partial charge in [-0.05, 0) is 55.5 Å². The number of anilines is 1. The SMILES string of the molecule is COc1cc(C(=O)Nc2nn(-c3ccccc3)cc2C=CP(=O)(O)O)ccc1OCc1nc(-c2ccccc2)oc1C. The molecule has 42 heavy (non-hydrogen) atoms. The number of rotatable bonds is 10.